The van der Waals surface area contributed by atoms with E-state index in [1.54, 1.807) is 6.07 Å². The van der Waals surface area contributed by atoms with Crippen molar-refractivity contribution in [3.63, 3.8) is 0 Å². The minimum atomic E-state index is -0.0559. The van der Waals surface area contributed by atoms with Crippen LogP contribution >= 0.6 is 0 Å². The number of nitrogens with zero attached hydrogens (tertiary/aromatic N) is 2. The maximum absolute atomic E-state index is 11.5. The van der Waals surface area contributed by atoms with E-state index in [0.29, 0.717) is 5.69 Å². The first kappa shape index (κ1) is 9.64. The van der Waals surface area contributed by atoms with Crippen LogP contribution in [0.1, 0.15) is 24.3 Å². The van der Waals surface area contributed by atoms with Crippen LogP contribution < -0.4 is 4.74 Å². The molecule has 0 spiro atoms. The van der Waals surface area contributed by atoms with Crippen molar-refractivity contribution in [1.29, 1.82) is 0 Å². The van der Waals surface area contributed by atoms with Crippen LogP contribution in [-0.2, 0) is 0 Å². The van der Waals surface area contributed by atoms with Gasteiger partial charge in [-0.3, -0.25) is 4.79 Å². The lowest BCUT2D eigenvalue weighted by atomic mass is 10.1. The molecule has 0 aliphatic heterocycles. The highest BCUT2D eigenvalue weighted by molar-refractivity contribution is 5.95. The maximum Gasteiger partial charge on any atom is 0.316 e. The van der Waals surface area contributed by atoms with Gasteiger partial charge in [0.15, 0.2) is 5.78 Å². The van der Waals surface area contributed by atoms with Crippen molar-refractivity contribution >= 4 is 5.78 Å². The quantitative estimate of drug-likeness (QED) is 0.658. The van der Waals surface area contributed by atoms with Crippen LogP contribution in [0.3, 0.4) is 0 Å². The predicted molar refractivity (Wildman–Crippen MR) is 47.8 cm³/mol. The molecule has 0 unspecified atom stereocenters. The number of hydrogen-bond donors (Lipinski definition) is 0. The Kier molecular flexibility index (Phi) is 2.95. The van der Waals surface area contributed by atoms with Gasteiger partial charge >= 0.3 is 6.01 Å². The average molecular weight is 180 g/mol. The van der Waals surface area contributed by atoms with Crippen LogP contribution in [-0.4, -0.2) is 22.9 Å². The average Bonchev–Trinajstić information content (AvgIpc) is 2.16. The zero-order chi connectivity index (χ0) is 9.84. The molecule has 1 aromatic heterocycles. The molecule has 0 fully saturated rings. The van der Waals surface area contributed by atoms with E-state index >= 15 is 0 Å². The lowest BCUT2D eigenvalue weighted by molar-refractivity contribution is 0.0933. The fraction of sp³-hybridized carbons (Fsp3) is 0.444. The number of ketones is 1. The Morgan fingerprint density at radius 2 is 2.23 bits per heavy atom. The Hall–Kier alpha value is -1.45. The molecule has 70 valence electrons. The van der Waals surface area contributed by atoms with E-state index in [1.807, 2.05) is 13.8 Å². The molecule has 1 heterocycles. The lowest BCUT2D eigenvalue weighted by Crippen LogP contribution is -2.10. The number of hydrogen-bond acceptors (Lipinski definition) is 4. The molecule has 1 rings (SSSR count). The van der Waals surface area contributed by atoms with Crippen LogP contribution in [0.5, 0.6) is 6.01 Å². The van der Waals surface area contributed by atoms with E-state index in [1.165, 1.54) is 13.3 Å². The Morgan fingerprint density at radius 3 is 2.77 bits per heavy atom. The molecular weight excluding hydrogens is 168 g/mol. The SMILES string of the molecule is COc1nccc(C(=O)C(C)C)n1. The van der Waals surface area contributed by atoms with Crippen molar-refractivity contribution in [2.75, 3.05) is 7.11 Å². The number of carbonyl (C=O) groups excluding carboxylic acids is 1. The lowest BCUT2D eigenvalue weighted by Gasteiger charge is -2.03. The minimum Gasteiger partial charge on any atom is -0.467 e. The second-order valence-electron chi connectivity index (χ2n) is 2.95. The molecule has 1 aromatic rings. The number of aromatic nitrogens is 2. The van der Waals surface area contributed by atoms with E-state index in [9.17, 15) is 4.79 Å². The molecule has 0 saturated heterocycles. The third kappa shape index (κ3) is 2.24. The summed E-state index contributed by atoms with van der Waals surface area (Å²) in [6, 6.07) is 1.82. The molecule has 0 bridgehead atoms. The molecule has 0 radical (unpaired) electrons. The van der Waals surface area contributed by atoms with E-state index in [-0.39, 0.29) is 17.7 Å². The summed E-state index contributed by atoms with van der Waals surface area (Å²) >= 11 is 0. The topological polar surface area (TPSA) is 52.1 Å². The van der Waals surface area contributed by atoms with Crippen molar-refractivity contribution < 1.29 is 9.53 Å². The summed E-state index contributed by atoms with van der Waals surface area (Å²) in [4.78, 5) is 19.2. The zero-order valence-corrected chi connectivity index (χ0v) is 7.94. The van der Waals surface area contributed by atoms with E-state index < -0.39 is 0 Å². The zero-order valence-electron chi connectivity index (χ0n) is 7.94. The van der Waals surface area contributed by atoms with Crippen molar-refractivity contribution in [2.24, 2.45) is 5.92 Å². The van der Waals surface area contributed by atoms with Crippen molar-refractivity contribution in [3.05, 3.63) is 18.0 Å². The molecule has 0 amide bonds. The molecule has 0 aliphatic carbocycles. The van der Waals surface area contributed by atoms with Gasteiger partial charge in [0.25, 0.3) is 0 Å². The Labute approximate surface area is 77.0 Å². The van der Waals surface area contributed by atoms with Gasteiger partial charge in [0.1, 0.15) is 5.69 Å². The predicted octanol–water partition coefficient (Wildman–Crippen LogP) is 1.32. The van der Waals surface area contributed by atoms with Crippen molar-refractivity contribution in [3.8, 4) is 6.01 Å². The molecule has 0 aromatic carbocycles. The Balaban J connectivity index is 2.95. The highest BCUT2D eigenvalue weighted by Crippen LogP contribution is 2.07. The minimum absolute atomic E-state index is 0.000648. The van der Waals surface area contributed by atoms with Crippen LogP contribution in [0.15, 0.2) is 12.3 Å². The molecule has 0 atom stereocenters. The third-order valence-electron chi connectivity index (χ3n) is 1.59. The molecule has 0 N–H and O–H groups in total. The monoisotopic (exact) mass is 180 g/mol. The largest absolute Gasteiger partial charge is 0.467 e. The van der Waals surface area contributed by atoms with Crippen LogP contribution in [0.2, 0.25) is 0 Å². The second-order valence-corrected chi connectivity index (χ2v) is 2.95. The molecule has 0 aliphatic rings. The van der Waals surface area contributed by atoms with Gasteiger partial charge in [-0.1, -0.05) is 13.8 Å². The van der Waals surface area contributed by atoms with Gasteiger partial charge in [0, 0.05) is 12.1 Å². The van der Waals surface area contributed by atoms with Gasteiger partial charge in [-0.2, -0.15) is 4.98 Å². The fourth-order valence-electron chi connectivity index (χ4n) is 0.872. The summed E-state index contributed by atoms with van der Waals surface area (Å²) in [5, 5.41) is 0. The van der Waals surface area contributed by atoms with Crippen molar-refractivity contribution in [1.82, 2.24) is 9.97 Å². The number of rotatable bonds is 3. The third-order valence-corrected chi connectivity index (χ3v) is 1.59. The maximum atomic E-state index is 11.5. The van der Waals surface area contributed by atoms with Gasteiger partial charge in [-0.15, -0.1) is 0 Å². The van der Waals surface area contributed by atoms with Crippen LogP contribution in [0, 0.1) is 5.92 Å². The van der Waals surface area contributed by atoms with Crippen LogP contribution in [0.25, 0.3) is 0 Å². The van der Waals surface area contributed by atoms with Gasteiger partial charge < -0.3 is 4.74 Å². The number of carbonyl (C=O) groups is 1. The first-order valence-corrected chi connectivity index (χ1v) is 4.06. The van der Waals surface area contributed by atoms with Gasteiger partial charge in [-0.25, -0.2) is 4.98 Å². The molecule has 4 heteroatoms. The summed E-state index contributed by atoms with van der Waals surface area (Å²) in [6.07, 6.45) is 1.52. The second kappa shape index (κ2) is 3.98. The van der Waals surface area contributed by atoms with Crippen LogP contribution in [0.4, 0.5) is 0 Å². The number of methoxy groups -OCH3 is 1. The summed E-state index contributed by atoms with van der Waals surface area (Å²) in [5.41, 5.74) is 0.404. The first-order valence-electron chi connectivity index (χ1n) is 4.06. The number of Topliss-reactive ketones (excluding diaryl/α,β-unsaturated/α-hetero) is 1. The normalized spacial score (nSPS) is 10.2. The first-order chi connectivity index (χ1) is 6.15. The smallest absolute Gasteiger partial charge is 0.316 e. The molecule has 13 heavy (non-hydrogen) atoms. The summed E-state index contributed by atoms with van der Waals surface area (Å²) in [6.45, 7) is 3.66. The summed E-state index contributed by atoms with van der Waals surface area (Å²) in [7, 11) is 1.47. The summed E-state index contributed by atoms with van der Waals surface area (Å²) in [5.74, 6) is -0.0553. The van der Waals surface area contributed by atoms with E-state index in [0.717, 1.165) is 0 Å². The number of ether oxygens (including phenoxy) is 1. The van der Waals surface area contributed by atoms with E-state index in [4.69, 9.17) is 4.74 Å². The molecule has 0 saturated carbocycles. The Morgan fingerprint density at radius 1 is 1.54 bits per heavy atom. The molecular formula is C9H12N2O2. The highest BCUT2D eigenvalue weighted by atomic mass is 16.5. The van der Waals surface area contributed by atoms with Gasteiger partial charge in [0.05, 0.1) is 7.11 Å². The standard InChI is InChI=1S/C9H12N2O2/c1-6(2)8(12)7-4-5-10-9(11-7)13-3/h4-6H,1-3H3. The van der Waals surface area contributed by atoms with Crippen molar-refractivity contribution in [2.45, 2.75) is 13.8 Å². The van der Waals surface area contributed by atoms with Gasteiger partial charge in [-0.05, 0) is 6.07 Å². The Bertz CT molecular complexity index is 310. The van der Waals surface area contributed by atoms with E-state index in [2.05, 4.69) is 9.97 Å². The highest BCUT2D eigenvalue weighted by Gasteiger charge is 2.12. The van der Waals surface area contributed by atoms with Gasteiger partial charge in [0.2, 0.25) is 0 Å². The summed E-state index contributed by atoms with van der Waals surface area (Å²) < 4.78 is 4.81. The fourth-order valence-corrected chi connectivity index (χ4v) is 0.872. The molecule has 4 nitrogen and oxygen atoms in total.